The summed E-state index contributed by atoms with van der Waals surface area (Å²) >= 11 is 0. The third kappa shape index (κ3) is 4.13. The second-order valence-electron chi connectivity index (χ2n) is 4.57. The lowest BCUT2D eigenvalue weighted by Crippen LogP contribution is -2.44. The maximum Gasteiger partial charge on any atom is 0.240 e. The van der Waals surface area contributed by atoms with Crippen LogP contribution in [0.25, 0.3) is 0 Å². The maximum absolute atomic E-state index is 12.0. The van der Waals surface area contributed by atoms with Gasteiger partial charge < -0.3 is 14.8 Å². The molecule has 1 aliphatic heterocycles. The number of nitrogens with zero attached hydrogens (tertiary/aromatic N) is 1. The summed E-state index contributed by atoms with van der Waals surface area (Å²) in [5.74, 6) is -0.216. The smallest absolute Gasteiger partial charge is 0.240 e. The number of nitriles is 1. The number of carbonyl (C=O) groups excluding carboxylic acids is 1. The minimum absolute atomic E-state index is 0.216. The summed E-state index contributed by atoms with van der Waals surface area (Å²) in [5.41, 5.74) is 0.0197. The van der Waals surface area contributed by atoms with E-state index in [0.717, 1.165) is 5.57 Å². The van der Waals surface area contributed by atoms with Crippen LogP contribution < -0.4 is 5.32 Å². The van der Waals surface area contributed by atoms with Gasteiger partial charge in [0, 0.05) is 19.8 Å². The van der Waals surface area contributed by atoms with Crippen molar-refractivity contribution in [3.63, 3.8) is 0 Å². The van der Waals surface area contributed by atoms with Crippen molar-refractivity contribution in [2.24, 2.45) is 5.41 Å². The van der Waals surface area contributed by atoms with Gasteiger partial charge in [-0.1, -0.05) is 12.2 Å². The van der Waals surface area contributed by atoms with Crippen LogP contribution in [-0.4, -0.2) is 38.9 Å². The highest BCUT2D eigenvalue weighted by atomic mass is 16.5. The number of hydrogen-bond acceptors (Lipinski definition) is 4. The molecule has 0 atom stereocenters. The topological polar surface area (TPSA) is 71.3 Å². The molecule has 1 amide bonds. The average Bonchev–Trinajstić information content (AvgIpc) is 2.38. The molecule has 1 N–H and O–H groups in total. The van der Waals surface area contributed by atoms with Crippen molar-refractivity contribution < 1.29 is 14.3 Å². The molecule has 0 bridgehead atoms. The Labute approximate surface area is 108 Å². The Morgan fingerprint density at radius 2 is 2.22 bits per heavy atom. The predicted octanol–water partition coefficient (Wildman–Crippen LogP) is 1.02. The van der Waals surface area contributed by atoms with Crippen LogP contribution in [0, 0.1) is 16.7 Å². The zero-order valence-electron chi connectivity index (χ0n) is 10.8. The van der Waals surface area contributed by atoms with Crippen LogP contribution >= 0.6 is 0 Å². The summed E-state index contributed by atoms with van der Waals surface area (Å²) in [6.45, 7) is 7.86. The molecular formula is C13H20N2O3. The SMILES string of the molecule is C=C(C)COCCNC(=O)C1(C#N)CCOCC1. The molecule has 0 aromatic carbocycles. The molecule has 0 unspecified atom stereocenters. The lowest BCUT2D eigenvalue weighted by Gasteiger charge is -2.29. The molecule has 0 radical (unpaired) electrons. The van der Waals surface area contributed by atoms with Gasteiger partial charge in [0.05, 0.1) is 19.3 Å². The molecule has 0 aliphatic carbocycles. The van der Waals surface area contributed by atoms with Crippen molar-refractivity contribution in [3.05, 3.63) is 12.2 Å². The van der Waals surface area contributed by atoms with Crippen molar-refractivity contribution in [1.82, 2.24) is 5.32 Å². The van der Waals surface area contributed by atoms with Gasteiger partial charge in [-0.2, -0.15) is 5.26 Å². The quantitative estimate of drug-likeness (QED) is 0.566. The Morgan fingerprint density at radius 3 is 2.78 bits per heavy atom. The number of carbonyl (C=O) groups is 1. The molecule has 18 heavy (non-hydrogen) atoms. The van der Waals surface area contributed by atoms with Gasteiger partial charge >= 0.3 is 0 Å². The lowest BCUT2D eigenvalue weighted by molar-refractivity contribution is -0.132. The molecule has 1 saturated heterocycles. The lowest BCUT2D eigenvalue weighted by atomic mass is 9.81. The van der Waals surface area contributed by atoms with Gasteiger partial charge in [-0.15, -0.1) is 0 Å². The van der Waals surface area contributed by atoms with Crippen LogP contribution in [0.4, 0.5) is 0 Å². The first-order valence-corrected chi connectivity index (χ1v) is 6.10. The van der Waals surface area contributed by atoms with E-state index in [1.54, 1.807) is 0 Å². The normalized spacial score (nSPS) is 17.8. The van der Waals surface area contributed by atoms with Crippen molar-refractivity contribution in [2.75, 3.05) is 33.0 Å². The zero-order valence-corrected chi connectivity index (χ0v) is 10.8. The van der Waals surface area contributed by atoms with Gasteiger partial charge in [0.25, 0.3) is 0 Å². The van der Waals surface area contributed by atoms with Crippen LogP contribution in [0.2, 0.25) is 0 Å². The van der Waals surface area contributed by atoms with E-state index in [-0.39, 0.29) is 5.91 Å². The molecule has 1 heterocycles. The molecule has 0 saturated carbocycles. The van der Waals surface area contributed by atoms with E-state index >= 15 is 0 Å². The van der Waals surface area contributed by atoms with Crippen molar-refractivity contribution in [3.8, 4) is 6.07 Å². The number of hydrogen-bond donors (Lipinski definition) is 1. The molecule has 1 fully saturated rings. The van der Waals surface area contributed by atoms with Gasteiger partial charge in [0.1, 0.15) is 5.41 Å². The molecule has 0 spiro atoms. The minimum atomic E-state index is -0.924. The third-order valence-electron chi connectivity index (χ3n) is 2.88. The average molecular weight is 252 g/mol. The number of ether oxygens (including phenoxy) is 2. The Bertz CT molecular complexity index is 341. The van der Waals surface area contributed by atoms with E-state index < -0.39 is 5.41 Å². The van der Waals surface area contributed by atoms with Crippen molar-refractivity contribution >= 4 is 5.91 Å². The summed E-state index contributed by atoms with van der Waals surface area (Å²) in [6.07, 6.45) is 0.921. The molecule has 100 valence electrons. The van der Waals surface area contributed by atoms with Gasteiger partial charge in [0.2, 0.25) is 5.91 Å². The Balaban J connectivity index is 2.30. The standard InChI is InChI=1S/C13H20N2O3/c1-11(2)9-18-8-5-15-12(16)13(10-14)3-6-17-7-4-13/h1,3-9H2,2H3,(H,15,16). The maximum atomic E-state index is 12.0. The van der Waals surface area contributed by atoms with E-state index in [4.69, 9.17) is 9.47 Å². The molecule has 1 aliphatic rings. The summed E-state index contributed by atoms with van der Waals surface area (Å²) < 4.78 is 10.5. The van der Waals surface area contributed by atoms with Crippen LogP contribution in [-0.2, 0) is 14.3 Å². The fraction of sp³-hybridized carbons (Fsp3) is 0.692. The van der Waals surface area contributed by atoms with Crippen molar-refractivity contribution in [2.45, 2.75) is 19.8 Å². The van der Waals surface area contributed by atoms with E-state index in [1.807, 2.05) is 6.92 Å². The van der Waals surface area contributed by atoms with Gasteiger partial charge in [-0.05, 0) is 19.8 Å². The Kier molecular flexibility index (Phi) is 5.83. The minimum Gasteiger partial charge on any atom is -0.381 e. The third-order valence-corrected chi connectivity index (χ3v) is 2.88. The zero-order chi connectivity index (χ0) is 13.4. The van der Waals surface area contributed by atoms with E-state index in [2.05, 4.69) is 18.0 Å². The van der Waals surface area contributed by atoms with Crippen LogP contribution in [0.15, 0.2) is 12.2 Å². The number of nitrogens with one attached hydrogen (secondary N) is 1. The molecule has 0 aromatic heterocycles. The molecule has 1 rings (SSSR count). The fourth-order valence-corrected chi connectivity index (χ4v) is 1.76. The van der Waals surface area contributed by atoms with Gasteiger partial charge in [-0.25, -0.2) is 0 Å². The number of amides is 1. The highest BCUT2D eigenvalue weighted by Crippen LogP contribution is 2.29. The summed E-state index contributed by atoms with van der Waals surface area (Å²) in [7, 11) is 0. The highest BCUT2D eigenvalue weighted by Gasteiger charge is 2.40. The highest BCUT2D eigenvalue weighted by molar-refractivity contribution is 5.85. The summed E-state index contributed by atoms with van der Waals surface area (Å²) in [4.78, 5) is 12.0. The first kappa shape index (κ1) is 14.7. The summed E-state index contributed by atoms with van der Waals surface area (Å²) in [6, 6.07) is 2.13. The second-order valence-corrected chi connectivity index (χ2v) is 4.57. The largest absolute Gasteiger partial charge is 0.381 e. The van der Waals surface area contributed by atoms with Crippen LogP contribution in [0.5, 0.6) is 0 Å². The van der Waals surface area contributed by atoms with Gasteiger partial charge in [0.15, 0.2) is 0 Å². The second kappa shape index (κ2) is 7.14. The fourth-order valence-electron chi connectivity index (χ4n) is 1.76. The van der Waals surface area contributed by atoms with Crippen LogP contribution in [0.1, 0.15) is 19.8 Å². The first-order chi connectivity index (χ1) is 8.60. The first-order valence-electron chi connectivity index (χ1n) is 6.10. The van der Waals surface area contributed by atoms with E-state index in [1.165, 1.54) is 0 Å². The number of rotatable bonds is 6. The Hall–Kier alpha value is -1.38. The van der Waals surface area contributed by atoms with Gasteiger partial charge in [-0.3, -0.25) is 4.79 Å². The predicted molar refractivity (Wildman–Crippen MR) is 66.7 cm³/mol. The molecule has 0 aromatic rings. The van der Waals surface area contributed by atoms with Crippen LogP contribution in [0.3, 0.4) is 0 Å². The van der Waals surface area contributed by atoms with Crippen molar-refractivity contribution in [1.29, 1.82) is 5.26 Å². The van der Waals surface area contributed by atoms with E-state index in [9.17, 15) is 10.1 Å². The molecule has 5 heteroatoms. The monoisotopic (exact) mass is 252 g/mol. The molecular weight excluding hydrogens is 232 g/mol. The van der Waals surface area contributed by atoms with E-state index in [0.29, 0.717) is 45.8 Å². The Morgan fingerprint density at radius 1 is 1.56 bits per heavy atom. The summed E-state index contributed by atoms with van der Waals surface area (Å²) in [5, 5.41) is 11.9. The molecule has 5 nitrogen and oxygen atoms in total.